The Balaban J connectivity index is 1.94. The van der Waals surface area contributed by atoms with Gasteiger partial charge >= 0.3 is 0 Å². The molecule has 3 aromatic rings. The summed E-state index contributed by atoms with van der Waals surface area (Å²) in [6, 6.07) is 21.9. The quantitative estimate of drug-likeness (QED) is 0.703. The molecule has 2 nitrogen and oxygen atoms in total. The van der Waals surface area contributed by atoms with Crippen LogP contribution in [0, 0.1) is 5.41 Å². The highest BCUT2D eigenvalue weighted by molar-refractivity contribution is 6.15. The average molecular weight is 327 g/mol. The lowest BCUT2D eigenvalue weighted by Crippen LogP contribution is -2.40. The second-order valence-electron chi connectivity index (χ2n) is 7.39. The Hall–Kier alpha value is -2.39. The van der Waals surface area contributed by atoms with Crippen LogP contribution in [0.5, 0.6) is 0 Å². The van der Waals surface area contributed by atoms with Crippen molar-refractivity contribution in [2.24, 2.45) is 5.41 Å². The summed E-state index contributed by atoms with van der Waals surface area (Å²) in [6.07, 6.45) is 1.82. The number of hydrogen-bond donors (Lipinski definition) is 1. The average Bonchev–Trinajstić information content (AvgIpc) is 2.62. The number of aliphatic hydroxyl groups is 1. The van der Waals surface area contributed by atoms with E-state index in [4.69, 9.17) is 7.85 Å². The van der Waals surface area contributed by atoms with Crippen LogP contribution >= 0.6 is 0 Å². The first kappa shape index (κ1) is 17.4. The zero-order valence-corrected chi connectivity index (χ0v) is 14.9. The van der Waals surface area contributed by atoms with Gasteiger partial charge in [-0.25, -0.2) is 0 Å². The number of nitrogens with zero attached hydrogens (tertiary/aromatic N) is 1. The molecular weight excluding hydrogens is 305 g/mol. The van der Waals surface area contributed by atoms with Gasteiger partial charge in [0.15, 0.2) is 0 Å². The van der Waals surface area contributed by atoms with Crippen molar-refractivity contribution in [3.8, 4) is 22.4 Å². The second kappa shape index (κ2) is 6.49. The normalized spacial score (nSPS) is 14.1. The Labute approximate surface area is 151 Å². The van der Waals surface area contributed by atoms with Gasteiger partial charge in [0.25, 0.3) is 0 Å². The lowest BCUT2D eigenvalue weighted by Gasteiger charge is -2.38. The number of aromatic nitrogens is 1. The Morgan fingerprint density at radius 1 is 0.800 bits per heavy atom. The summed E-state index contributed by atoms with van der Waals surface area (Å²) in [6.45, 7) is 5.78. The topological polar surface area (TPSA) is 33.1 Å². The molecule has 3 rings (SSSR count). The Kier molecular flexibility index (Phi) is 4.53. The first-order valence-corrected chi connectivity index (χ1v) is 8.43. The fraction of sp³-hybridized carbons (Fsp3) is 0.227. The molecule has 2 aromatic carbocycles. The molecule has 1 aromatic heterocycles. The van der Waals surface area contributed by atoms with Gasteiger partial charge in [0.05, 0.1) is 11.2 Å². The maximum Gasteiger partial charge on any atom is 0.120 e. The summed E-state index contributed by atoms with van der Waals surface area (Å²) in [5, 5.41) is 10.6. The zero-order chi connectivity index (χ0) is 18.1. The highest BCUT2D eigenvalue weighted by atomic mass is 16.3. The van der Waals surface area contributed by atoms with E-state index in [-0.39, 0.29) is 0 Å². The van der Waals surface area contributed by atoms with Gasteiger partial charge in [-0.1, -0.05) is 75.4 Å². The third-order valence-electron chi connectivity index (χ3n) is 4.63. The minimum absolute atomic E-state index is 0.453. The maximum atomic E-state index is 10.6. The summed E-state index contributed by atoms with van der Waals surface area (Å²) in [4.78, 5) is 4.46. The molecule has 0 bridgehead atoms. The molecule has 0 saturated heterocycles. The van der Waals surface area contributed by atoms with E-state index in [0.717, 1.165) is 22.4 Å². The van der Waals surface area contributed by atoms with E-state index >= 15 is 0 Å². The second-order valence-corrected chi connectivity index (χ2v) is 7.39. The first-order valence-electron chi connectivity index (χ1n) is 8.43. The highest BCUT2D eigenvalue weighted by Gasteiger charge is 2.35. The van der Waals surface area contributed by atoms with Crippen LogP contribution in [0.15, 0.2) is 72.9 Å². The van der Waals surface area contributed by atoms with Crippen molar-refractivity contribution in [1.82, 2.24) is 4.98 Å². The minimum Gasteiger partial charge on any atom is -0.395 e. The lowest BCUT2D eigenvalue weighted by atomic mass is 9.60. The zero-order valence-electron chi connectivity index (χ0n) is 14.9. The molecule has 0 aliphatic carbocycles. The molecule has 2 radical (unpaired) electrons. The minimum atomic E-state index is -1.38. The summed E-state index contributed by atoms with van der Waals surface area (Å²) < 4.78 is 0. The molecule has 0 amide bonds. The van der Waals surface area contributed by atoms with Crippen LogP contribution in [0.4, 0.5) is 0 Å². The molecule has 0 fully saturated rings. The number of hydrogen-bond acceptors (Lipinski definition) is 2. The molecule has 124 valence electrons. The monoisotopic (exact) mass is 327 g/mol. The van der Waals surface area contributed by atoms with Crippen LogP contribution in [0.2, 0.25) is 0 Å². The van der Waals surface area contributed by atoms with Gasteiger partial charge < -0.3 is 5.11 Å². The Morgan fingerprint density at radius 3 is 2.04 bits per heavy atom. The van der Waals surface area contributed by atoms with Gasteiger partial charge in [0.2, 0.25) is 0 Å². The molecule has 1 atom stereocenters. The van der Waals surface area contributed by atoms with Crippen molar-refractivity contribution in [3.63, 3.8) is 0 Å². The molecule has 1 heterocycles. The fourth-order valence-corrected chi connectivity index (χ4v) is 2.73. The third-order valence-corrected chi connectivity index (χ3v) is 4.63. The van der Waals surface area contributed by atoms with Crippen LogP contribution in [0.25, 0.3) is 22.4 Å². The van der Waals surface area contributed by atoms with Gasteiger partial charge in [-0.3, -0.25) is 4.98 Å². The van der Waals surface area contributed by atoms with Crippen molar-refractivity contribution in [2.75, 3.05) is 0 Å². The van der Waals surface area contributed by atoms with Crippen LogP contribution in [-0.4, -0.2) is 17.9 Å². The smallest absolute Gasteiger partial charge is 0.120 e. The molecule has 1 unspecified atom stereocenters. The molecular formula is C22H22BNO. The van der Waals surface area contributed by atoms with Crippen LogP contribution in [0.1, 0.15) is 26.3 Å². The van der Waals surface area contributed by atoms with E-state index in [1.165, 1.54) is 0 Å². The van der Waals surface area contributed by atoms with Crippen molar-refractivity contribution in [3.05, 3.63) is 78.5 Å². The van der Waals surface area contributed by atoms with E-state index in [2.05, 4.69) is 11.1 Å². The van der Waals surface area contributed by atoms with Gasteiger partial charge in [0, 0.05) is 11.8 Å². The van der Waals surface area contributed by atoms with Crippen LogP contribution < -0.4 is 0 Å². The predicted molar refractivity (Wildman–Crippen MR) is 104 cm³/mol. The highest BCUT2D eigenvalue weighted by Crippen LogP contribution is 2.37. The van der Waals surface area contributed by atoms with Gasteiger partial charge in [0.1, 0.15) is 7.85 Å². The Bertz CT molecular complexity index is 849. The van der Waals surface area contributed by atoms with Gasteiger partial charge in [-0.05, 0) is 34.2 Å². The van der Waals surface area contributed by atoms with E-state index < -0.39 is 10.9 Å². The van der Waals surface area contributed by atoms with Crippen LogP contribution in [0.3, 0.4) is 0 Å². The standard InChI is InChI=1S/C22H22BNO/c1-21(2,3)22(23,25)19-11-9-16(10-12-19)18-13-14-24-20(15-18)17-7-5-4-6-8-17/h4-15,25H,1-3H3. The van der Waals surface area contributed by atoms with Crippen molar-refractivity contribution in [2.45, 2.75) is 26.3 Å². The predicted octanol–water partition coefficient (Wildman–Crippen LogP) is 4.78. The third kappa shape index (κ3) is 3.52. The maximum absolute atomic E-state index is 10.6. The summed E-state index contributed by atoms with van der Waals surface area (Å²) >= 11 is 0. The van der Waals surface area contributed by atoms with E-state index in [0.29, 0.717) is 5.56 Å². The molecule has 0 aliphatic heterocycles. The van der Waals surface area contributed by atoms with Gasteiger partial charge in [-0.15, -0.1) is 0 Å². The fourth-order valence-electron chi connectivity index (χ4n) is 2.73. The SMILES string of the molecule is [B]C(O)(c1ccc(-c2ccnc(-c3ccccc3)c2)cc1)C(C)(C)C. The van der Waals surface area contributed by atoms with E-state index in [9.17, 15) is 5.11 Å². The van der Waals surface area contributed by atoms with E-state index in [1.54, 1.807) is 0 Å². The molecule has 1 N–H and O–H groups in total. The molecule has 3 heteroatoms. The molecule has 0 aliphatic rings. The van der Waals surface area contributed by atoms with Crippen molar-refractivity contribution in [1.29, 1.82) is 0 Å². The van der Waals surface area contributed by atoms with Crippen molar-refractivity contribution >= 4 is 7.85 Å². The lowest BCUT2D eigenvalue weighted by molar-refractivity contribution is 0.0157. The van der Waals surface area contributed by atoms with E-state index in [1.807, 2.05) is 87.6 Å². The summed E-state index contributed by atoms with van der Waals surface area (Å²) in [5.74, 6) is 0. The molecule has 25 heavy (non-hydrogen) atoms. The number of pyridine rings is 1. The van der Waals surface area contributed by atoms with Crippen LogP contribution in [-0.2, 0) is 5.50 Å². The first-order chi connectivity index (χ1) is 11.8. The molecule has 0 saturated carbocycles. The van der Waals surface area contributed by atoms with Crippen molar-refractivity contribution < 1.29 is 5.11 Å². The van der Waals surface area contributed by atoms with Gasteiger partial charge in [-0.2, -0.15) is 0 Å². The Morgan fingerprint density at radius 2 is 1.44 bits per heavy atom. The summed E-state index contributed by atoms with van der Waals surface area (Å²) in [5.41, 5.74) is 3.05. The summed E-state index contributed by atoms with van der Waals surface area (Å²) in [7, 11) is 6.15. The molecule has 0 spiro atoms. The number of benzene rings is 2. The largest absolute Gasteiger partial charge is 0.395 e. The number of rotatable bonds is 3.